The van der Waals surface area contributed by atoms with Crippen molar-refractivity contribution in [2.75, 3.05) is 13.1 Å². The highest BCUT2D eigenvalue weighted by Crippen LogP contribution is 2.36. The monoisotopic (exact) mass is 236 g/mol. The van der Waals surface area contributed by atoms with E-state index in [1.165, 1.54) is 0 Å². The fraction of sp³-hybridized carbons (Fsp3) is 0.692. The summed E-state index contributed by atoms with van der Waals surface area (Å²) in [5.74, 6) is 0. The molecule has 0 bridgehead atoms. The Bertz CT molecular complexity index is 387. The molecular weight excluding hydrogens is 216 g/mol. The molecular formula is C13H20N2O2. The van der Waals surface area contributed by atoms with E-state index in [2.05, 4.69) is 18.7 Å². The van der Waals surface area contributed by atoms with Gasteiger partial charge in [-0.1, -0.05) is 19.9 Å². The predicted molar refractivity (Wildman–Crippen MR) is 67.0 cm³/mol. The summed E-state index contributed by atoms with van der Waals surface area (Å²) in [7, 11) is 0. The van der Waals surface area contributed by atoms with Crippen molar-refractivity contribution in [3.8, 4) is 0 Å². The minimum absolute atomic E-state index is 0.208. The van der Waals surface area contributed by atoms with E-state index in [4.69, 9.17) is 0 Å². The number of likely N-dealkylation sites (tertiary alicyclic amines) is 1. The molecule has 1 fully saturated rings. The molecule has 0 aromatic carbocycles. The minimum Gasteiger partial charge on any atom is -0.366 e. The highest BCUT2D eigenvalue weighted by Gasteiger charge is 2.35. The molecule has 4 nitrogen and oxygen atoms in total. The zero-order valence-corrected chi connectivity index (χ0v) is 10.6. The SMILES string of the molecule is CCC1(C)CCN(C2=C([N+](=O)[O-])CCC=C2)C1. The molecule has 0 aromatic heterocycles. The highest BCUT2D eigenvalue weighted by molar-refractivity contribution is 5.26. The van der Waals surface area contributed by atoms with Crippen molar-refractivity contribution in [3.05, 3.63) is 33.7 Å². The van der Waals surface area contributed by atoms with Gasteiger partial charge in [-0.25, -0.2) is 0 Å². The van der Waals surface area contributed by atoms with Gasteiger partial charge in [0.05, 0.1) is 4.92 Å². The first-order valence-corrected chi connectivity index (χ1v) is 6.35. The molecule has 17 heavy (non-hydrogen) atoms. The van der Waals surface area contributed by atoms with Crippen LogP contribution in [0.5, 0.6) is 0 Å². The molecule has 94 valence electrons. The minimum atomic E-state index is -0.208. The van der Waals surface area contributed by atoms with Gasteiger partial charge in [-0.3, -0.25) is 10.1 Å². The van der Waals surface area contributed by atoms with Crippen LogP contribution in [0.3, 0.4) is 0 Å². The third-order valence-electron chi connectivity index (χ3n) is 4.09. The second-order valence-electron chi connectivity index (χ2n) is 5.37. The van der Waals surface area contributed by atoms with Crippen LogP contribution < -0.4 is 0 Å². The Kier molecular flexibility index (Phi) is 3.22. The molecule has 0 radical (unpaired) electrons. The van der Waals surface area contributed by atoms with Crippen LogP contribution in [0.15, 0.2) is 23.5 Å². The second-order valence-corrected chi connectivity index (χ2v) is 5.37. The quantitative estimate of drug-likeness (QED) is 0.559. The van der Waals surface area contributed by atoms with Crippen molar-refractivity contribution in [3.63, 3.8) is 0 Å². The molecule has 2 rings (SSSR count). The van der Waals surface area contributed by atoms with Crippen LogP contribution >= 0.6 is 0 Å². The van der Waals surface area contributed by atoms with Crippen LogP contribution in [0.4, 0.5) is 0 Å². The van der Waals surface area contributed by atoms with E-state index < -0.39 is 0 Å². The van der Waals surface area contributed by atoms with Gasteiger partial charge in [0.25, 0.3) is 5.70 Å². The maximum absolute atomic E-state index is 11.0. The van der Waals surface area contributed by atoms with Crippen molar-refractivity contribution in [1.82, 2.24) is 4.90 Å². The molecule has 2 aliphatic rings. The van der Waals surface area contributed by atoms with Gasteiger partial charge in [0.1, 0.15) is 5.70 Å². The zero-order chi connectivity index (χ0) is 12.5. The Labute approximate surface area is 102 Å². The number of nitrogens with zero attached hydrogens (tertiary/aromatic N) is 2. The van der Waals surface area contributed by atoms with E-state index in [9.17, 15) is 10.1 Å². The van der Waals surface area contributed by atoms with Crippen LogP contribution in [0, 0.1) is 15.5 Å². The van der Waals surface area contributed by atoms with Crippen LogP contribution in [0.2, 0.25) is 0 Å². The van der Waals surface area contributed by atoms with Gasteiger partial charge in [0.15, 0.2) is 0 Å². The van der Waals surface area contributed by atoms with E-state index in [0.717, 1.165) is 38.0 Å². The Morgan fingerprint density at radius 1 is 1.59 bits per heavy atom. The molecule has 0 spiro atoms. The zero-order valence-electron chi connectivity index (χ0n) is 10.6. The maximum atomic E-state index is 11.0. The van der Waals surface area contributed by atoms with Gasteiger partial charge in [-0.15, -0.1) is 0 Å². The van der Waals surface area contributed by atoms with E-state index in [-0.39, 0.29) is 4.92 Å². The van der Waals surface area contributed by atoms with Crippen molar-refractivity contribution < 1.29 is 4.92 Å². The largest absolute Gasteiger partial charge is 0.366 e. The molecule has 1 aliphatic heterocycles. The van der Waals surface area contributed by atoms with E-state index in [1.54, 1.807) is 0 Å². The molecule has 0 aromatic rings. The Morgan fingerprint density at radius 3 is 2.94 bits per heavy atom. The van der Waals surface area contributed by atoms with Gasteiger partial charge in [0, 0.05) is 19.5 Å². The molecule has 0 saturated carbocycles. The summed E-state index contributed by atoms with van der Waals surface area (Å²) in [6.45, 7) is 6.36. The van der Waals surface area contributed by atoms with Crippen LogP contribution in [-0.2, 0) is 0 Å². The van der Waals surface area contributed by atoms with Crippen LogP contribution in [0.25, 0.3) is 0 Å². The van der Waals surface area contributed by atoms with E-state index in [0.29, 0.717) is 17.5 Å². The lowest BCUT2D eigenvalue weighted by molar-refractivity contribution is -0.430. The first-order valence-electron chi connectivity index (χ1n) is 6.35. The average Bonchev–Trinajstić information content (AvgIpc) is 2.73. The number of nitro groups is 1. The molecule has 1 saturated heterocycles. The Morgan fingerprint density at radius 2 is 2.35 bits per heavy atom. The summed E-state index contributed by atoms with van der Waals surface area (Å²) in [5, 5.41) is 11.0. The third-order valence-corrected chi connectivity index (χ3v) is 4.09. The second kappa shape index (κ2) is 4.51. The number of hydrogen-bond acceptors (Lipinski definition) is 3. The van der Waals surface area contributed by atoms with Gasteiger partial charge in [-0.2, -0.15) is 0 Å². The lowest BCUT2D eigenvalue weighted by Crippen LogP contribution is -2.26. The molecule has 1 aliphatic carbocycles. The molecule has 4 heteroatoms. The van der Waals surface area contributed by atoms with Crippen molar-refractivity contribution in [2.24, 2.45) is 5.41 Å². The summed E-state index contributed by atoms with van der Waals surface area (Å²) in [5.41, 5.74) is 1.56. The first-order chi connectivity index (χ1) is 8.06. The fourth-order valence-corrected chi connectivity index (χ4v) is 2.63. The van der Waals surface area contributed by atoms with E-state index in [1.807, 2.05) is 12.2 Å². The van der Waals surface area contributed by atoms with Gasteiger partial charge < -0.3 is 4.90 Å². The lowest BCUT2D eigenvalue weighted by Gasteiger charge is -2.25. The van der Waals surface area contributed by atoms with Gasteiger partial charge in [0.2, 0.25) is 0 Å². The Balaban J connectivity index is 2.22. The fourth-order valence-electron chi connectivity index (χ4n) is 2.63. The number of allylic oxidation sites excluding steroid dienone is 3. The average molecular weight is 236 g/mol. The van der Waals surface area contributed by atoms with Crippen LogP contribution in [0.1, 0.15) is 39.5 Å². The van der Waals surface area contributed by atoms with Crippen molar-refractivity contribution >= 4 is 0 Å². The van der Waals surface area contributed by atoms with Crippen molar-refractivity contribution in [2.45, 2.75) is 39.5 Å². The summed E-state index contributed by atoms with van der Waals surface area (Å²) >= 11 is 0. The van der Waals surface area contributed by atoms with Gasteiger partial charge in [-0.05, 0) is 30.8 Å². The molecule has 1 heterocycles. The number of hydrogen-bond donors (Lipinski definition) is 0. The summed E-state index contributed by atoms with van der Waals surface area (Å²) < 4.78 is 0. The summed E-state index contributed by atoms with van der Waals surface area (Å²) in [6, 6.07) is 0. The van der Waals surface area contributed by atoms with Crippen molar-refractivity contribution in [1.29, 1.82) is 0 Å². The highest BCUT2D eigenvalue weighted by atomic mass is 16.6. The van der Waals surface area contributed by atoms with E-state index >= 15 is 0 Å². The van der Waals surface area contributed by atoms with Crippen LogP contribution in [-0.4, -0.2) is 22.9 Å². The molecule has 0 amide bonds. The standard InChI is InChI=1S/C13H20N2O2/c1-3-13(2)8-9-14(10-13)11-6-4-5-7-12(11)15(16)17/h4,6H,3,5,7-10H2,1-2H3. The molecule has 1 unspecified atom stereocenters. The third kappa shape index (κ3) is 2.35. The first kappa shape index (κ1) is 12.1. The summed E-state index contributed by atoms with van der Waals surface area (Å²) in [4.78, 5) is 13.0. The number of rotatable bonds is 3. The molecule has 0 N–H and O–H groups in total. The topological polar surface area (TPSA) is 46.4 Å². The Hall–Kier alpha value is -1.32. The summed E-state index contributed by atoms with van der Waals surface area (Å²) in [6.07, 6.45) is 7.60. The lowest BCUT2D eigenvalue weighted by atomic mass is 9.87. The predicted octanol–water partition coefficient (Wildman–Crippen LogP) is 2.95. The smallest absolute Gasteiger partial charge is 0.269 e. The van der Waals surface area contributed by atoms with Gasteiger partial charge >= 0.3 is 0 Å². The normalized spacial score (nSPS) is 28.9. The molecule has 1 atom stereocenters. The maximum Gasteiger partial charge on any atom is 0.269 e.